The standard InChI is InChI=1S/C17H20FN3O.2Pb/c1-13(22)21-12-17(10-16(21)11-19)20(2)9-3-4-14-5-7-15(18)8-6-14;;/h1,5-8,16-17H,3-4,9-10,12H2,2H3;;. The number of halogens is 1. The number of likely N-dealkylation sites (N-methyl/N-ethyl adjacent to an activating group) is 1. The van der Waals surface area contributed by atoms with E-state index in [1.165, 1.54) is 12.1 Å². The predicted octanol–water partition coefficient (Wildman–Crippen LogP) is 1.27. The molecule has 7 heteroatoms. The number of likely N-dealkylation sites (tertiary alicyclic amines) is 1. The van der Waals surface area contributed by atoms with Crippen molar-refractivity contribution in [3.8, 4) is 6.07 Å². The van der Waals surface area contributed by atoms with Gasteiger partial charge in [0.25, 0.3) is 0 Å². The molecule has 124 valence electrons. The first-order chi connectivity index (χ1) is 11.4. The van der Waals surface area contributed by atoms with Crippen molar-refractivity contribution in [1.29, 1.82) is 5.26 Å². The zero-order valence-electron chi connectivity index (χ0n) is 13.7. The maximum absolute atomic E-state index is 12.9. The van der Waals surface area contributed by atoms with Crippen LogP contribution in [0, 0.1) is 17.1 Å². The Morgan fingerprint density at radius 1 is 1.46 bits per heavy atom. The zero-order chi connectivity index (χ0) is 17.7. The van der Waals surface area contributed by atoms with Gasteiger partial charge in [0.1, 0.15) is 5.82 Å². The summed E-state index contributed by atoms with van der Waals surface area (Å²) in [5, 5.41) is 9.34. The normalized spacial score (nSPS) is 20.6. The molecule has 1 aliphatic rings. The number of nitrogens with zero attached hydrogens (tertiary/aromatic N) is 3. The molecule has 24 heavy (non-hydrogen) atoms. The fraction of sp³-hybridized carbons (Fsp3) is 0.529. The van der Waals surface area contributed by atoms with E-state index in [-0.39, 0.29) is 24.8 Å². The Kier molecular flexibility index (Phi) is 8.06. The molecule has 0 aromatic heterocycles. The van der Waals surface area contributed by atoms with E-state index in [1.807, 2.05) is 12.1 Å². The van der Waals surface area contributed by atoms with Gasteiger partial charge in [0.2, 0.25) is 0 Å². The third kappa shape index (κ3) is 5.46. The number of hydrogen-bond donors (Lipinski definition) is 0. The number of nitriles is 1. The number of carbonyl (C=O) groups excluding carboxylic acids is 1. The van der Waals surface area contributed by atoms with E-state index < -0.39 is 0 Å². The summed E-state index contributed by atoms with van der Waals surface area (Å²) in [5.41, 5.74) is 1.14. The molecule has 1 aromatic rings. The summed E-state index contributed by atoms with van der Waals surface area (Å²) in [6, 6.07) is 8.93. The fourth-order valence-electron chi connectivity index (χ4n) is 3.03. The van der Waals surface area contributed by atoms with Crippen LogP contribution in [0.25, 0.3) is 0 Å². The Labute approximate surface area is 174 Å². The third-order valence-corrected chi connectivity index (χ3v) is 6.39. The molecule has 2 unspecified atom stereocenters. The molecule has 1 saturated heterocycles. The van der Waals surface area contributed by atoms with Crippen LogP contribution in [0.5, 0.6) is 0 Å². The summed E-state index contributed by atoms with van der Waals surface area (Å²) in [7, 11) is 2.07. The van der Waals surface area contributed by atoms with Crippen LogP contribution in [0.3, 0.4) is 0 Å². The quantitative estimate of drug-likeness (QED) is 0.418. The van der Waals surface area contributed by atoms with Gasteiger partial charge in [0.05, 0.1) is 0 Å². The van der Waals surface area contributed by atoms with Crippen LogP contribution < -0.4 is 0 Å². The van der Waals surface area contributed by atoms with Crippen molar-refractivity contribution in [2.75, 3.05) is 20.1 Å². The molecule has 1 amide bonds. The minimum atomic E-state index is -0.271. The molecular formula is C17H20FN3OPb2. The summed E-state index contributed by atoms with van der Waals surface area (Å²) < 4.78 is 13.1. The summed E-state index contributed by atoms with van der Waals surface area (Å²) in [5.74, 6) is -0.0208. The Morgan fingerprint density at radius 3 is 2.71 bits per heavy atom. The molecular weight excluding hydrogens is 696 g/mol. The van der Waals surface area contributed by atoms with Gasteiger partial charge in [0, 0.05) is 0 Å². The Balaban J connectivity index is 1.84. The summed E-state index contributed by atoms with van der Waals surface area (Å²) in [6.45, 7) is 1.58. The molecule has 0 spiro atoms. The van der Waals surface area contributed by atoms with E-state index in [2.05, 4.69) is 18.0 Å². The van der Waals surface area contributed by atoms with E-state index in [0.717, 1.165) is 82.9 Å². The van der Waals surface area contributed by atoms with Crippen molar-refractivity contribution < 1.29 is 9.18 Å². The molecule has 0 N–H and O–H groups in total. The van der Waals surface area contributed by atoms with Crippen LogP contribution in [-0.4, -0.2) is 99.5 Å². The van der Waals surface area contributed by atoms with Crippen molar-refractivity contribution >= 4 is 57.4 Å². The van der Waals surface area contributed by atoms with E-state index in [1.54, 1.807) is 4.90 Å². The number of aryl methyl sites for hydroxylation is 1. The number of amides is 1. The second kappa shape index (κ2) is 9.57. The van der Waals surface area contributed by atoms with E-state index in [9.17, 15) is 14.4 Å². The maximum atomic E-state index is 12.9. The second-order valence-electron chi connectivity index (χ2n) is 6.17. The van der Waals surface area contributed by atoms with Crippen LogP contribution in [0.1, 0.15) is 18.4 Å². The van der Waals surface area contributed by atoms with E-state index >= 15 is 0 Å². The van der Waals surface area contributed by atoms with Gasteiger partial charge >= 0.3 is 166 Å². The van der Waals surface area contributed by atoms with Crippen LogP contribution in [0.15, 0.2) is 24.3 Å². The number of hydrogen-bond acceptors (Lipinski definition) is 3. The molecule has 2 rings (SSSR count). The van der Waals surface area contributed by atoms with Crippen molar-refractivity contribution in [2.45, 2.75) is 32.4 Å². The first-order valence-corrected chi connectivity index (χ1v) is 12.5. The van der Waals surface area contributed by atoms with Gasteiger partial charge in [-0.15, -0.1) is 0 Å². The van der Waals surface area contributed by atoms with Gasteiger partial charge in [-0.2, -0.15) is 0 Å². The average Bonchev–Trinajstić information content (AvgIpc) is 3.00. The molecule has 6 radical (unpaired) electrons. The predicted molar refractivity (Wildman–Crippen MR) is 92.1 cm³/mol. The Hall–Kier alpha value is -0.0858. The van der Waals surface area contributed by atoms with Crippen molar-refractivity contribution in [3.05, 3.63) is 35.6 Å². The van der Waals surface area contributed by atoms with Crippen molar-refractivity contribution in [1.82, 2.24) is 9.80 Å². The van der Waals surface area contributed by atoms with Gasteiger partial charge in [0.15, 0.2) is 0 Å². The molecule has 1 aromatic carbocycles. The Morgan fingerprint density at radius 2 is 2.12 bits per heavy atom. The number of rotatable bonds is 6. The summed E-state index contributed by atoms with van der Waals surface area (Å²) in [6.07, 6.45) is 2.63. The molecule has 1 fully saturated rings. The second-order valence-corrected chi connectivity index (χ2v) is 19.4. The average molecular weight is 716 g/mol. The first-order valence-electron chi connectivity index (χ1n) is 7.99. The minimum absolute atomic E-state index is 0.182. The van der Waals surface area contributed by atoms with Crippen LogP contribution in [-0.2, 0) is 11.2 Å². The van der Waals surface area contributed by atoms with Gasteiger partial charge in [-0.1, -0.05) is 0 Å². The van der Waals surface area contributed by atoms with Crippen molar-refractivity contribution in [3.63, 3.8) is 0 Å². The SMILES string of the molecule is CN(CCCc1ccc(F)cc1)C1CC(C#N)N(C(=O)[CH]([Pb])[Pb])C1. The third-order valence-electron chi connectivity index (χ3n) is 4.47. The van der Waals surface area contributed by atoms with Gasteiger partial charge in [-0.25, -0.2) is 4.39 Å². The van der Waals surface area contributed by atoms with Crippen LogP contribution >= 0.6 is 0 Å². The molecule has 2 atom stereocenters. The van der Waals surface area contributed by atoms with Gasteiger partial charge < -0.3 is 0 Å². The Bertz CT molecular complexity index is 603. The van der Waals surface area contributed by atoms with E-state index in [4.69, 9.17) is 0 Å². The first kappa shape index (κ1) is 20.2. The molecule has 1 aliphatic heterocycles. The van der Waals surface area contributed by atoms with Crippen LogP contribution in [0.2, 0.25) is 1.04 Å². The molecule has 0 saturated carbocycles. The fourth-order valence-corrected chi connectivity index (χ4v) is 4.32. The topological polar surface area (TPSA) is 47.3 Å². The van der Waals surface area contributed by atoms with Crippen molar-refractivity contribution in [2.24, 2.45) is 0 Å². The molecule has 0 bridgehead atoms. The summed E-state index contributed by atoms with van der Waals surface area (Å²) >= 11 is 1.76. The molecule has 1 heterocycles. The van der Waals surface area contributed by atoms with E-state index in [0.29, 0.717) is 6.54 Å². The zero-order valence-corrected chi connectivity index (χ0v) is 21.5. The van der Waals surface area contributed by atoms with Gasteiger partial charge in [-0.05, 0) is 0 Å². The van der Waals surface area contributed by atoms with Gasteiger partial charge in [-0.3, -0.25) is 0 Å². The monoisotopic (exact) mass is 717 g/mol. The number of carbonyl (C=O) groups is 1. The van der Waals surface area contributed by atoms with Crippen LogP contribution in [0.4, 0.5) is 4.39 Å². The molecule has 0 aliphatic carbocycles. The molecule has 4 nitrogen and oxygen atoms in total. The summed E-state index contributed by atoms with van der Waals surface area (Å²) in [4.78, 5) is 16.4. The number of benzene rings is 1.